The van der Waals surface area contributed by atoms with E-state index >= 15 is 0 Å². The van der Waals surface area contributed by atoms with Crippen LogP contribution in [0.2, 0.25) is 19.6 Å². The molecule has 3 unspecified atom stereocenters. The summed E-state index contributed by atoms with van der Waals surface area (Å²) in [5, 5.41) is 17.6. The van der Waals surface area contributed by atoms with Crippen LogP contribution < -0.4 is 37.2 Å². The number of ether oxygens (including phenoxy) is 4. The number of amides is 7. The number of aryl methyl sites for hydroxylation is 1. The molecular formula is C43H71N7O11Si. The van der Waals surface area contributed by atoms with Gasteiger partial charge in [0.15, 0.2) is 0 Å². The van der Waals surface area contributed by atoms with Crippen LogP contribution >= 0.6 is 0 Å². The Hall–Kier alpha value is -5.51. The van der Waals surface area contributed by atoms with Gasteiger partial charge in [0.25, 0.3) is 0 Å². The molecule has 1 aromatic rings. The summed E-state index contributed by atoms with van der Waals surface area (Å²) in [7, 11) is -1.54. The van der Waals surface area contributed by atoms with Gasteiger partial charge in [-0.3, -0.25) is 14.4 Å². The monoisotopic (exact) mass is 889 g/mol. The van der Waals surface area contributed by atoms with Crippen molar-refractivity contribution >= 4 is 50.2 Å². The standard InChI is InChI=1S/C43H71N7O11Si/c1-40(2,3)58-36(54)46-26-31(49-38(56)60-42(7,8)9)34(52)45-25-30(33(51)44-23-16-17-28-18-20-29(21-19-28)22-24-62(13,14)15)48-35(53)32(50-39(57)61-43(10,11)12)27-47-37(55)59-41(4,5)6/h18-21,30-32H,16-17,23,25-27H2,1-15H3,(H,44,51)(H,45,52)(H,46,54)(H,47,55)(H,48,53)(H,49,56)(H,50,57). The van der Waals surface area contributed by atoms with E-state index in [1.54, 1.807) is 83.1 Å². The molecule has 348 valence electrons. The van der Waals surface area contributed by atoms with Crippen LogP contribution in [0.25, 0.3) is 0 Å². The molecular weight excluding hydrogens is 819 g/mol. The minimum atomic E-state index is -1.54. The summed E-state index contributed by atoms with van der Waals surface area (Å²) >= 11 is 0. The maximum absolute atomic E-state index is 13.8. The Morgan fingerprint density at radius 3 is 1.31 bits per heavy atom. The molecule has 1 rings (SSSR count). The molecule has 7 amide bonds. The van der Waals surface area contributed by atoms with Crippen molar-refractivity contribution in [1.29, 1.82) is 0 Å². The molecule has 0 radical (unpaired) electrons. The van der Waals surface area contributed by atoms with Crippen molar-refractivity contribution in [3.05, 3.63) is 35.4 Å². The summed E-state index contributed by atoms with van der Waals surface area (Å²) in [5.41, 5.74) is 1.68. The van der Waals surface area contributed by atoms with Crippen molar-refractivity contribution in [1.82, 2.24) is 37.2 Å². The van der Waals surface area contributed by atoms with Crippen molar-refractivity contribution in [2.75, 3.05) is 26.2 Å². The summed E-state index contributed by atoms with van der Waals surface area (Å²) in [6, 6.07) is 3.46. The fourth-order valence-electron chi connectivity index (χ4n) is 4.77. The van der Waals surface area contributed by atoms with Crippen LogP contribution in [0.3, 0.4) is 0 Å². The first-order chi connectivity index (χ1) is 28.2. The van der Waals surface area contributed by atoms with Crippen molar-refractivity contribution in [3.8, 4) is 11.5 Å². The Morgan fingerprint density at radius 2 is 0.887 bits per heavy atom. The molecule has 0 spiro atoms. The number of hydrogen-bond acceptors (Lipinski definition) is 11. The van der Waals surface area contributed by atoms with E-state index in [-0.39, 0.29) is 6.54 Å². The largest absolute Gasteiger partial charge is 0.444 e. The fraction of sp³-hybridized carbons (Fsp3) is 0.651. The molecule has 0 bridgehead atoms. The Bertz CT molecular complexity index is 1760. The molecule has 0 aliphatic carbocycles. The highest BCUT2D eigenvalue weighted by atomic mass is 28.3. The van der Waals surface area contributed by atoms with Crippen LogP contribution in [0.1, 0.15) is 101 Å². The Labute approximate surface area is 368 Å². The number of carbonyl (C=O) groups is 7. The van der Waals surface area contributed by atoms with Crippen LogP contribution in [0.5, 0.6) is 0 Å². The van der Waals surface area contributed by atoms with Crippen LogP contribution in [0, 0.1) is 11.5 Å². The molecule has 62 heavy (non-hydrogen) atoms. The quantitative estimate of drug-likeness (QED) is 0.0531. The van der Waals surface area contributed by atoms with E-state index in [1.165, 1.54) is 0 Å². The van der Waals surface area contributed by atoms with Gasteiger partial charge in [0.1, 0.15) is 48.6 Å². The lowest BCUT2D eigenvalue weighted by atomic mass is 10.1. The van der Waals surface area contributed by atoms with Gasteiger partial charge < -0.3 is 56.2 Å². The smallest absolute Gasteiger partial charge is 0.408 e. The molecule has 7 N–H and O–H groups in total. The number of carbonyl (C=O) groups excluding carboxylic acids is 7. The minimum absolute atomic E-state index is 0.179. The van der Waals surface area contributed by atoms with Gasteiger partial charge in [-0.15, -0.1) is 5.54 Å². The average Bonchev–Trinajstić information content (AvgIpc) is 3.07. The Kier molecular flexibility index (Phi) is 20.8. The SMILES string of the molecule is CC(C)(C)OC(=O)NCC(NC(=O)OC(C)(C)C)C(=O)NCC(NC(=O)C(CNC(=O)OC(C)(C)C)NC(=O)OC(C)(C)C)C(=O)NCCCc1ccc(C#C[Si](C)(C)C)cc1. The normalized spacial score (nSPS) is 13.3. The molecule has 0 fully saturated rings. The van der Waals surface area contributed by atoms with Crippen molar-refractivity contribution < 1.29 is 52.5 Å². The predicted molar refractivity (Wildman–Crippen MR) is 238 cm³/mol. The second kappa shape index (κ2) is 23.6. The topological polar surface area (TPSA) is 241 Å². The summed E-state index contributed by atoms with van der Waals surface area (Å²) in [4.78, 5) is 91.8. The molecule has 0 saturated heterocycles. The first-order valence-electron chi connectivity index (χ1n) is 20.6. The van der Waals surface area contributed by atoms with E-state index in [9.17, 15) is 33.6 Å². The molecule has 0 aliphatic heterocycles. The third kappa shape index (κ3) is 26.6. The first kappa shape index (κ1) is 54.5. The number of benzene rings is 1. The lowest BCUT2D eigenvalue weighted by molar-refractivity contribution is -0.130. The number of rotatable bonds is 16. The van der Waals surface area contributed by atoms with E-state index in [1.807, 2.05) is 24.3 Å². The van der Waals surface area contributed by atoms with Crippen LogP contribution in [0.15, 0.2) is 24.3 Å². The molecule has 0 saturated carbocycles. The number of hydrogen-bond donors (Lipinski definition) is 7. The second-order valence-electron chi connectivity index (χ2n) is 19.6. The lowest BCUT2D eigenvalue weighted by Crippen LogP contribution is -2.61. The van der Waals surface area contributed by atoms with Gasteiger partial charge in [-0.2, -0.15) is 0 Å². The average molecular weight is 890 g/mol. The van der Waals surface area contributed by atoms with Crippen molar-refractivity contribution in [3.63, 3.8) is 0 Å². The van der Waals surface area contributed by atoms with Gasteiger partial charge in [0, 0.05) is 18.7 Å². The fourth-order valence-corrected chi connectivity index (χ4v) is 5.29. The zero-order chi connectivity index (χ0) is 47.7. The third-order valence-electron chi connectivity index (χ3n) is 7.30. The van der Waals surface area contributed by atoms with E-state index in [4.69, 9.17) is 18.9 Å². The molecule has 1 aromatic carbocycles. The highest BCUT2D eigenvalue weighted by Gasteiger charge is 2.32. The van der Waals surface area contributed by atoms with E-state index in [2.05, 4.69) is 68.3 Å². The van der Waals surface area contributed by atoms with Crippen molar-refractivity contribution in [2.45, 2.75) is 156 Å². The lowest BCUT2D eigenvalue weighted by Gasteiger charge is -2.27. The van der Waals surface area contributed by atoms with Gasteiger partial charge in [-0.1, -0.05) is 37.7 Å². The number of nitrogens with one attached hydrogen (secondary N) is 7. The second-order valence-corrected chi connectivity index (χ2v) is 24.3. The minimum Gasteiger partial charge on any atom is -0.444 e. The molecule has 0 heterocycles. The molecule has 19 heteroatoms. The van der Waals surface area contributed by atoms with Gasteiger partial charge >= 0.3 is 24.4 Å². The maximum Gasteiger partial charge on any atom is 0.408 e. The zero-order valence-corrected chi connectivity index (χ0v) is 40.3. The zero-order valence-electron chi connectivity index (χ0n) is 39.3. The summed E-state index contributed by atoms with van der Waals surface area (Å²) < 4.78 is 21.2. The molecule has 3 atom stereocenters. The summed E-state index contributed by atoms with van der Waals surface area (Å²) in [5.74, 6) is 0.743. The van der Waals surface area contributed by atoms with Gasteiger partial charge in [0.2, 0.25) is 17.7 Å². The predicted octanol–water partition coefficient (Wildman–Crippen LogP) is 4.40. The van der Waals surface area contributed by atoms with Crippen LogP contribution in [-0.2, 0) is 39.8 Å². The number of alkyl carbamates (subject to hydrolysis) is 4. The highest BCUT2D eigenvalue weighted by molar-refractivity contribution is 6.83. The summed E-state index contributed by atoms with van der Waals surface area (Å²) in [6.45, 7) is 24.9. The van der Waals surface area contributed by atoms with E-state index in [0.717, 1.165) is 11.1 Å². The first-order valence-corrected chi connectivity index (χ1v) is 24.1. The highest BCUT2D eigenvalue weighted by Crippen LogP contribution is 2.11. The van der Waals surface area contributed by atoms with Crippen LogP contribution in [-0.4, -0.2) is 117 Å². The summed E-state index contributed by atoms with van der Waals surface area (Å²) in [6.07, 6.45) is -2.56. The van der Waals surface area contributed by atoms with Gasteiger partial charge in [-0.05, 0) is 114 Å². The van der Waals surface area contributed by atoms with Gasteiger partial charge in [-0.25, -0.2) is 19.2 Å². The van der Waals surface area contributed by atoms with Gasteiger partial charge in [0.05, 0.1) is 13.1 Å². The van der Waals surface area contributed by atoms with E-state index < -0.39 is 110 Å². The maximum atomic E-state index is 13.8. The third-order valence-corrected chi connectivity index (χ3v) is 8.18. The molecule has 18 nitrogen and oxygen atoms in total. The Morgan fingerprint density at radius 1 is 0.516 bits per heavy atom. The molecule has 0 aromatic heterocycles. The van der Waals surface area contributed by atoms with E-state index in [0.29, 0.717) is 12.8 Å². The van der Waals surface area contributed by atoms with Crippen LogP contribution in [0.4, 0.5) is 19.2 Å². The Balaban J connectivity index is 3.36. The molecule has 0 aliphatic rings. The van der Waals surface area contributed by atoms with Crippen molar-refractivity contribution in [2.24, 2.45) is 0 Å².